The van der Waals surface area contributed by atoms with Crippen LogP contribution in [0, 0.1) is 6.92 Å². The van der Waals surface area contributed by atoms with E-state index < -0.39 is 0 Å². The highest BCUT2D eigenvalue weighted by Gasteiger charge is 2.01. The number of hydrogen-bond acceptors (Lipinski definition) is 3. The first kappa shape index (κ1) is 12.0. The smallest absolute Gasteiger partial charge is 0.109 e. The van der Waals surface area contributed by atoms with Crippen molar-refractivity contribution in [2.75, 3.05) is 6.61 Å². The molecule has 0 amide bonds. The number of nitrogens with two attached hydrogens (primary N) is 1. The first-order valence-corrected chi connectivity index (χ1v) is 4.56. The molecule has 82 valence electrons. The van der Waals surface area contributed by atoms with Crippen molar-refractivity contribution in [3.05, 3.63) is 29.6 Å². The molecular weight excluding hydrogens is 214 g/mol. The Bertz CT molecular complexity index is 441. The van der Waals surface area contributed by atoms with Crippen molar-refractivity contribution in [2.24, 2.45) is 5.90 Å². The largest absolute Gasteiger partial charge is 0.342 e. The average Bonchev–Trinajstić information content (AvgIpc) is 2.56. The molecule has 2 rings (SSSR count). The standard InChI is InChI=1S/C10H13N3O.ClH/c1-7-2-3-8-9(6-7)13-10(12-8)4-5-14-11;/h2-3,6H,4-5,11H2,1H3,(H,12,13);1H. The molecule has 0 aliphatic rings. The second-order valence-corrected chi connectivity index (χ2v) is 3.32. The Morgan fingerprint density at radius 1 is 1.47 bits per heavy atom. The number of H-pyrrole nitrogens is 1. The summed E-state index contributed by atoms with van der Waals surface area (Å²) in [5, 5.41) is 0. The Balaban J connectivity index is 0.00000112. The molecule has 0 unspecified atom stereocenters. The minimum Gasteiger partial charge on any atom is -0.342 e. The van der Waals surface area contributed by atoms with Crippen LogP contribution in [0.15, 0.2) is 18.2 Å². The third-order valence-corrected chi connectivity index (χ3v) is 2.14. The van der Waals surface area contributed by atoms with Crippen LogP contribution in [0.5, 0.6) is 0 Å². The van der Waals surface area contributed by atoms with Crippen LogP contribution in [0.25, 0.3) is 11.0 Å². The van der Waals surface area contributed by atoms with Crippen molar-refractivity contribution in [2.45, 2.75) is 13.3 Å². The fourth-order valence-electron chi connectivity index (χ4n) is 1.45. The van der Waals surface area contributed by atoms with E-state index >= 15 is 0 Å². The zero-order valence-corrected chi connectivity index (χ0v) is 9.30. The number of fused-ring (bicyclic) bond motifs is 1. The molecule has 0 radical (unpaired) electrons. The van der Waals surface area contributed by atoms with Crippen LogP contribution in [0.3, 0.4) is 0 Å². The molecule has 5 heteroatoms. The molecule has 15 heavy (non-hydrogen) atoms. The number of aromatic nitrogens is 2. The van der Waals surface area contributed by atoms with E-state index in [1.165, 1.54) is 5.56 Å². The summed E-state index contributed by atoms with van der Waals surface area (Å²) in [5.41, 5.74) is 3.28. The number of aryl methyl sites for hydroxylation is 1. The first-order chi connectivity index (χ1) is 6.79. The maximum Gasteiger partial charge on any atom is 0.109 e. The van der Waals surface area contributed by atoms with Gasteiger partial charge in [0.25, 0.3) is 0 Å². The zero-order valence-electron chi connectivity index (χ0n) is 8.49. The van der Waals surface area contributed by atoms with Crippen LogP contribution in [-0.4, -0.2) is 16.6 Å². The molecule has 0 saturated heterocycles. The lowest BCUT2D eigenvalue weighted by Crippen LogP contribution is -2.04. The first-order valence-electron chi connectivity index (χ1n) is 4.56. The summed E-state index contributed by atoms with van der Waals surface area (Å²) in [6.07, 6.45) is 0.713. The Kier molecular flexibility index (Phi) is 4.08. The summed E-state index contributed by atoms with van der Waals surface area (Å²) in [5.74, 6) is 5.87. The molecule has 1 aromatic heterocycles. The summed E-state index contributed by atoms with van der Waals surface area (Å²) in [6.45, 7) is 2.54. The molecule has 1 aromatic carbocycles. The highest BCUT2D eigenvalue weighted by Crippen LogP contribution is 2.13. The van der Waals surface area contributed by atoms with E-state index in [2.05, 4.69) is 27.8 Å². The molecule has 3 N–H and O–H groups in total. The third kappa shape index (κ3) is 2.68. The van der Waals surface area contributed by atoms with E-state index in [4.69, 9.17) is 5.90 Å². The van der Waals surface area contributed by atoms with Gasteiger partial charge in [0.2, 0.25) is 0 Å². The maximum absolute atomic E-state index is 4.95. The van der Waals surface area contributed by atoms with Crippen LogP contribution in [0.2, 0.25) is 0 Å². The third-order valence-electron chi connectivity index (χ3n) is 2.14. The van der Waals surface area contributed by atoms with Gasteiger partial charge in [0.1, 0.15) is 5.82 Å². The summed E-state index contributed by atoms with van der Waals surface area (Å²) >= 11 is 0. The molecule has 1 heterocycles. The van der Waals surface area contributed by atoms with E-state index in [0.29, 0.717) is 13.0 Å². The van der Waals surface area contributed by atoms with E-state index in [0.717, 1.165) is 16.9 Å². The Labute approximate surface area is 94.2 Å². The van der Waals surface area contributed by atoms with E-state index in [1.807, 2.05) is 12.1 Å². The normalized spacial score (nSPS) is 10.3. The van der Waals surface area contributed by atoms with Gasteiger partial charge >= 0.3 is 0 Å². The van der Waals surface area contributed by atoms with E-state index in [9.17, 15) is 0 Å². The van der Waals surface area contributed by atoms with Gasteiger partial charge in [-0.1, -0.05) is 6.07 Å². The van der Waals surface area contributed by atoms with Crippen LogP contribution < -0.4 is 5.90 Å². The summed E-state index contributed by atoms with van der Waals surface area (Å²) < 4.78 is 0. The lowest BCUT2D eigenvalue weighted by atomic mass is 10.2. The maximum atomic E-state index is 4.95. The number of aromatic amines is 1. The van der Waals surface area contributed by atoms with Crippen LogP contribution in [-0.2, 0) is 11.3 Å². The van der Waals surface area contributed by atoms with Gasteiger partial charge in [-0.15, -0.1) is 12.4 Å². The second-order valence-electron chi connectivity index (χ2n) is 3.32. The van der Waals surface area contributed by atoms with Crippen LogP contribution in [0.1, 0.15) is 11.4 Å². The molecule has 0 atom stereocenters. The van der Waals surface area contributed by atoms with Gasteiger partial charge in [0, 0.05) is 6.42 Å². The number of nitrogens with zero attached hydrogens (tertiary/aromatic N) is 1. The SMILES string of the molecule is Cc1ccc2nc(CCON)[nH]c2c1.Cl. The zero-order chi connectivity index (χ0) is 9.97. The highest BCUT2D eigenvalue weighted by atomic mass is 35.5. The number of benzene rings is 1. The van der Waals surface area contributed by atoms with Crippen molar-refractivity contribution in [1.82, 2.24) is 9.97 Å². The molecule has 4 nitrogen and oxygen atoms in total. The van der Waals surface area contributed by atoms with E-state index in [1.54, 1.807) is 0 Å². The molecule has 0 aliphatic heterocycles. The monoisotopic (exact) mass is 227 g/mol. The Morgan fingerprint density at radius 3 is 3.00 bits per heavy atom. The lowest BCUT2D eigenvalue weighted by molar-refractivity contribution is 0.140. The van der Waals surface area contributed by atoms with Gasteiger partial charge < -0.3 is 9.82 Å². The van der Waals surface area contributed by atoms with Crippen molar-refractivity contribution in [3.63, 3.8) is 0 Å². The van der Waals surface area contributed by atoms with Crippen molar-refractivity contribution in [3.8, 4) is 0 Å². The quantitative estimate of drug-likeness (QED) is 0.785. The van der Waals surface area contributed by atoms with Crippen molar-refractivity contribution >= 4 is 23.4 Å². The number of imidazole rings is 1. The summed E-state index contributed by atoms with van der Waals surface area (Å²) in [4.78, 5) is 12.1. The van der Waals surface area contributed by atoms with Crippen molar-refractivity contribution in [1.29, 1.82) is 0 Å². The van der Waals surface area contributed by atoms with Gasteiger partial charge in [0.05, 0.1) is 17.6 Å². The van der Waals surface area contributed by atoms with Gasteiger partial charge in [-0.2, -0.15) is 0 Å². The molecule has 2 aromatic rings. The summed E-state index contributed by atoms with van der Waals surface area (Å²) in [7, 11) is 0. The minimum absolute atomic E-state index is 0. The second kappa shape index (κ2) is 5.11. The number of hydrogen-bond donors (Lipinski definition) is 2. The van der Waals surface area contributed by atoms with Crippen molar-refractivity contribution < 1.29 is 4.84 Å². The number of rotatable bonds is 3. The molecule has 0 fully saturated rings. The average molecular weight is 228 g/mol. The number of halogens is 1. The van der Waals surface area contributed by atoms with Gasteiger partial charge in [-0.3, -0.25) is 0 Å². The molecule has 0 bridgehead atoms. The molecule has 0 aliphatic carbocycles. The minimum atomic E-state index is 0. The van der Waals surface area contributed by atoms with Gasteiger partial charge in [0.15, 0.2) is 0 Å². The summed E-state index contributed by atoms with van der Waals surface area (Å²) in [6, 6.07) is 6.13. The Morgan fingerprint density at radius 2 is 2.27 bits per heavy atom. The molecular formula is C10H14ClN3O. The predicted molar refractivity (Wildman–Crippen MR) is 61.9 cm³/mol. The molecule has 0 spiro atoms. The van der Waals surface area contributed by atoms with Gasteiger partial charge in [-0.25, -0.2) is 10.9 Å². The van der Waals surface area contributed by atoms with Crippen LogP contribution >= 0.6 is 12.4 Å². The fourth-order valence-corrected chi connectivity index (χ4v) is 1.45. The topological polar surface area (TPSA) is 63.9 Å². The Hall–Kier alpha value is -1.10. The molecule has 0 saturated carbocycles. The highest BCUT2D eigenvalue weighted by molar-refractivity contribution is 5.85. The predicted octanol–water partition coefficient (Wildman–Crippen LogP) is 1.73. The lowest BCUT2D eigenvalue weighted by Gasteiger charge is -1.92. The fraction of sp³-hybridized carbons (Fsp3) is 0.300. The van der Waals surface area contributed by atoms with Gasteiger partial charge in [-0.05, 0) is 24.6 Å². The number of nitrogens with one attached hydrogen (secondary N) is 1. The van der Waals surface area contributed by atoms with E-state index in [-0.39, 0.29) is 12.4 Å². The van der Waals surface area contributed by atoms with Crippen LogP contribution in [0.4, 0.5) is 0 Å².